The van der Waals surface area contributed by atoms with E-state index in [9.17, 15) is 8.78 Å². The molecule has 0 aromatic heterocycles. The summed E-state index contributed by atoms with van der Waals surface area (Å²) in [7, 11) is 0. The van der Waals surface area contributed by atoms with E-state index in [0.717, 1.165) is 25.5 Å². The molecule has 1 aromatic carbocycles. The van der Waals surface area contributed by atoms with E-state index < -0.39 is 11.6 Å². The summed E-state index contributed by atoms with van der Waals surface area (Å²) in [4.78, 5) is 2.07. The SMILES string of the molecule is CC(C)C1CCCN1c1ccc(F)cc1F. The molecule has 0 aliphatic carbocycles. The fourth-order valence-corrected chi connectivity index (χ4v) is 2.50. The average molecular weight is 225 g/mol. The molecule has 16 heavy (non-hydrogen) atoms. The molecule has 1 saturated heterocycles. The first-order valence-electron chi connectivity index (χ1n) is 5.81. The van der Waals surface area contributed by atoms with Crippen LogP contribution in [0.2, 0.25) is 0 Å². The van der Waals surface area contributed by atoms with Crippen LogP contribution in [-0.2, 0) is 0 Å². The Hall–Kier alpha value is -1.12. The van der Waals surface area contributed by atoms with Gasteiger partial charge >= 0.3 is 0 Å². The average Bonchev–Trinajstić information content (AvgIpc) is 2.66. The van der Waals surface area contributed by atoms with Crippen LogP contribution in [0.5, 0.6) is 0 Å². The number of benzene rings is 1. The molecule has 2 rings (SSSR count). The third-order valence-electron chi connectivity index (χ3n) is 3.29. The molecule has 1 atom stereocenters. The lowest BCUT2D eigenvalue weighted by atomic mass is 10.0. The summed E-state index contributed by atoms with van der Waals surface area (Å²) in [6, 6.07) is 4.21. The summed E-state index contributed by atoms with van der Waals surface area (Å²) in [6.07, 6.45) is 2.17. The summed E-state index contributed by atoms with van der Waals surface area (Å²) >= 11 is 0. The Morgan fingerprint density at radius 1 is 1.31 bits per heavy atom. The molecule has 1 aromatic rings. The van der Waals surface area contributed by atoms with Gasteiger partial charge in [0.25, 0.3) is 0 Å². The second kappa shape index (κ2) is 4.40. The van der Waals surface area contributed by atoms with Gasteiger partial charge < -0.3 is 4.90 Å². The van der Waals surface area contributed by atoms with Crippen molar-refractivity contribution in [1.82, 2.24) is 0 Å². The molecule has 0 N–H and O–H groups in total. The van der Waals surface area contributed by atoms with Crippen LogP contribution in [0.15, 0.2) is 18.2 Å². The van der Waals surface area contributed by atoms with Crippen molar-refractivity contribution in [3.8, 4) is 0 Å². The zero-order valence-corrected chi connectivity index (χ0v) is 9.71. The monoisotopic (exact) mass is 225 g/mol. The van der Waals surface area contributed by atoms with E-state index in [1.165, 1.54) is 6.07 Å². The van der Waals surface area contributed by atoms with E-state index in [2.05, 4.69) is 18.7 Å². The maximum atomic E-state index is 13.7. The summed E-state index contributed by atoms with van der Waals surface area (Å²) < 4.78 is 26.5. The second-order valence-corrected chi connectivity index (χ2v) is 4.74. The Labute approximate surface area is 95.1 Å². The van der Waals surface area contributed by atoms with E-state index in [-0.39, 0.29) is 0 Å². The highest BCUT2D eigenvalue weighted by Crippen LogP contribution is 2.31. The molecular weight excluding hydrogens is 208 g/mol. The topological polar surface area (TPSA) is 3.24 Å². The zero-order valence-electron chi connectivity index (χ0n) is 9.71. The minimum atomic E-state index is -0.512. The van der Waals surface area contributed by atoms with Gasteiger partial charge in [-0.15, -0.1) is 0 Å². The number of hydrogen-bond acceptors (Lipinski definition) is 1. The molecule has 1 unspecified atom stereocenters. The predicted octanol–water partition coefficient (Wildman–Crippen LogP) is 3.59. The highest BCUT2D eigenvalue weighted by molar-refractivity contribution is 5.49. The number of hydrogen-bond donors (Lipinski definition) is 0. The molecule has 1 fully saturated rings. The van der Waals surface area contributed by atoms with E-state index in [1.807, 2.05) is 0 Å². The molecular formula is C13H17F2N. The molecule has 0 saturated carbocycles. The van der Waals surface area contributed by atoms with Crippen LogP contribution in [0.3, 0.4) is 0 Å². The first-order chi connectivity index (χ1) is 7.59. The standard InChI is InChI=1S/C13H17F2N/c1-9(2)12-4-3-7-16(12)13-6-5-10(14)8-11(13)15/h5-6,8-9,12H,3-4,7H2,1-2H3. The summed E-state index contributed by atoms with van der Waals surface area (Å²) in [6.45, 7) is 5.15. The van der Waals surface area contributed by atoms with Crippen LogP contribution in [0.25, 0.3) is 0 Å². The van der Waals surface area contributed by atoms with Crippen molar-refractivity contribution >= 4 is 5.69 Å². The fraction of sp³-hybridized carbons (Fsp3) is 0.538. The predicted molar refractivity (Wildman–Crippen MR) is 61.6 cm³/mol. The van der Waals surface area contributed by atoms with Crippen LogP contribution < -0.4 is 4.90 Å². The molecule has 88 valence electrons. The van der Waals surface area contributed by atoms with Crippen molar-refractivity contribution in [3.05, 3.63) is 29.8 Å². The van der Waals surface area contributed by atoms with Crippen molar-refractivity contribution in [2.24, 2.45) is 5.92 Å². The van der Waals surface area contributed by atoms with E-state index in [4.69, 9.17) is 0 Å². The quantitative estimate of drug-likeness (QED) is 0.743. The summed E-state index contributed by atoms with van der Waals surface area (Å²) in [5.74, 6) is -0.471. The molecule has 3 heteroatoms. The zero-order chi connectivity index (χ0) is 11.7. The summed E-state index contributed by atoms with van der Waals surface area (Å²) in [5, 5.41) is 0. The van der Waals surface area contributed by atoms with Crippen molar-refractivity contribution < 1.29 is 8.78 Å². The van der Waals surface area contributed by atoms with E-state index in [1.54, 1.807) is 6.07 Å². The molecule has 1 nitrogen and oxygen atoms in total. The number of rotatable bonds is 2. The molecule has 0 spiro atoms. The van der Waals surface area contributed by atoms with Crippen LogP contribution in [0, 0.1) is 17.6 Å². The van der Waals surface area contributed by atoms with Gasteiger partial charge in [0.05, 0.1) is 5.69 Å². The summed E-state index contributed by atoms with van der Waals surface area (Å²) in [5.41, 5.74) is 0.539. The highest BCUT2D eigenvalue weighted by atomic mass is 19.1. The van der Waals surface area contributed by atoms with Crippen molar-refractivity contribution in [1.29, 1.82) is 0 Å². The van der Waals surface area contributed by atoms with Crippen LogP contribution >= 0.6 is 0 Å². The lowest BCUT2D eigenvalue weighted by Gasteiger charge is -2.29. The smallest absolute Gasteiger partial charge is 0.149 e. The van der Waals surface area contributed by atoms with Crippen molar-refractivity contribution in [2.75, 3.05) is 11.4 Å². The number of nitrogens with zero attached hydrogens (tertiary/aromatic N) is 1. The van der Waals surface area contributed by atoms with Crippen LogP contribution in [0.1, 0.15) is 26.7 Å². The molecule has 1 aliphatic rings. The minimum Gasteiger partial charge on any atom is -0.366 e. The minimum absolute atomic E-state index is 0.375. The van der Waals surface area contributed by atoms with E-state index >= 15 is 0 Å². The largest absolute Gasteiger partial charge is 0.366 e. The third-order valence-corrected chi connectivity index (χ3v) is 3.29. The van der Waals surface area contributed by atoms with Gasteiger partial charge in [-0.1, -0.05) is 13.8 Å². The Kier molecular flexibility index (Phi) is 3.13. The lowest BCUT2D eigenvalue weighted by molar-refractivity contribution is 0.484. The highest BCUT2D eigenvalue weighted by Gasteiger charge is 2.28. The van der Waals surface area contributed by atoms with Gasteiger partial charge in [0, 0.05) is 18.7 Å². The maximum Gasteiger partial charge on any atom is 0.149 e. The first kappa shape index (κ1) is 11.4. The van der Waals surface area contributed by atoms with Gasteiger partial charge in [0.15, 0.2) is 0 Å². The molecule has 1 aliphatic heterocycles. The maximum absolute atomic E-state index is 13.7. The van der Waals surface area contributed by atoms with Gasteiger partial charge in [-0.2, -0.15) is 0 Å². The third kappa shape index (κ3) is 2.04. The lowest BCUT2D eigenvalue weighted by Crippen LogP contribution is -2.33. The van der Waals surface area contributed by atoms with Gasteiger partial charge in [-0.05, 0) is 30.9 Å². The molecule has 0 radical (unpaired) electrons. The molecule has 0 amide bonds. The van der Waals surface area contributed by atoms with E-state index in [0.29, 0.717) is 17.6 Å². The Morgan fingerprint density at radius 2 is 2.06 bits per heavy atom. The van der Waals surface area contributed by atoms with Gasteiger partial charge in [-0.25, -0.2) is 8.78 Å². The van der Waals surface area contributed by atoms with Crippen LogP contribution in [0.4, 0.5) is 14.5 Å². The van der Waals surface area contributed by atoms with Crippen molar-refractivity contribution in [3.63, 3.8) is 0 Å². The first-order valence-corrected chi connectivity index (χ1v) is 5.81. The van der Waals surface area contributed by atoms with Crippen LogP contribution in [-0.4, -0.2) is 12.6 Å². The van der Waals surface area contributed by atoms with Gasteiger partial charge in [-0.3, -0.25) is 0 Å². The van der Waals surface area contributed by atoms with Gasteiger partial charge in [0.1, 0.15) is 11.6 Å². The Morgan fingerprint density at radius 3 is 2.69 bits per heavy atom. The second-order valence-electron chi connectivity index (χ2n) is 4.74. The normalized spacial score (nSPS) is 20.8. The Balaban J connectivity index is 2.29. The Bertz CT molecular complexity index is 376. The van der Waals surface area contributed by atoms with Crippen molar-refractivity contribution in [2.45, 2.75) is 32.7 Å². The molecule has 1 heterocycles. The number of halogens is 2. The fourth-order valence-electron chi connectivity index (χ4n) is 2.50. The van der Waals surface area contributed by atoms with Gasteiger partial charge in [0.2, 0.25) is 0 Å². The number of anilines is 1. The molecule has 0 bridgehead atoms.